The molecule has 27 heavy (non-hydrogen) atoms. The van der Waals surface area contributed by atoms with E-state index >= 15 is 0 Å². The van der Waals surface area contributed by atoms with Crippen molar-refractivity contribution < 1.29 is 14.3 Å². The van der Waals surface area contributed by atoms with Gasteiger partial charge in [-0.2, -0.15) is 0 Å². The lowest BCUT2D eigenvalue weighted by Crippen LogP contribution is -2.56. The molecule has 3 fully saturated rings. The molecule has 0 spiro atoms. The lowest BCUT2D eigenvalue weighted by atomic mass is 10.1. The number of hydrogen-bond donors (Lipinski definition) is 1. The quantitative estimate of drug-likeness (QED) is 0.546. The number of hydrogen-bond acceptors (Lipinski definition) is 5. The summed E-state index contributed by atoms with van der Waals surface area (Å²) in [6.45, 7) is 12.6. The zero-order valence-corrected chi connectivity index (χ0v) is 17.1. The minimum absolute atomic E-state index is 0.0637. The molecule has 0 bridgehead atoms. The third-order valence-electron chi connectivity index (χ3n) is 5.52. The van der Waals surface area contributed by atoms with Crippen molar-refractivity contribution in [2.45, 2.75) is 38.4 Å². The molecule has 1 unspecified atom stereocenters. The van der Waals surface area contributed by atoms with Crippen LogP contribution in [0.4, 0.5) is 0 Å². The largest absolute Gasteiger partial charge is 0.373 e. The van der Waals surface area contributed by atoms with E-state index in [9.17, 15) is 4.79 Å². The van der Waals surface area contributed by atoms with Crippen LogP contribution in [0, 0.1) is 0 Å². The molecule has 1 atom stereocenters. The van der Waals surface area contributed by atoms with E-state index < -0.39 is 0 Å². The number of piperazine rings is 1. The van der Waals surface area contributed by atoms with E-state index in [2.05, 4.69) is 34.0 Å². The smallest absolute Gasteiger partial charge is 0.251 e. The summed E-state index contributed by atoms with van der Waals surface area (Å²) in [5, 5.41) is 3.48. The lowest BCUT2D eigenvalue weighted by Gasteiger charge is -2.39. The standard InChI is InChI=1S/C19H35N5O3/c1-19(2)15-22(12-14-27-19)7-6-21-18(20-3)24-10-8-23(9-11-24)17(25)16-5-4-13-26-16/h16H,4-15H2,1-3H3,(H,20,21). The maximum absolute atomic E-state index is 12.5. The first-order chi connectivity index (χ1) is 13.0. The first kappa shape index (κ1) is 20.4. The van der Waals surface area contributed by atoms with Gasteiger partial charge in [-0.05, 0) is 26.7 Å². The fourth-order valence-corrected chi connectivity index (χ4v) is 4.08. The zero-order chi connectivity index (χ0) is 19.3. The van der Waals surface area contributed by atoms with Crippen LogP contribution in [0.1, 0.15) is 26.7 Å². The number of ether oxygens (including phenoxy) is 2. The van der Waals surface area contributed by atoms with Crippen molar-refractivity contribution >= 4 is 11.9 Å². The molecule has 0 aromatic heterocycles. The average molecular weight is 382 g/mol. The highest BCUT2D eigenvalue weighted by molar-refractivity contribution is 5.82. The van der Waals surface area contributed by atoms with Gasteiger partial charge in [0.15, 0.2) is 5.96 Å². The average Bonchev–Trinajstić information content (AvgIpc) is 3.19. The summed E-state index contributed by atoms with van der Waals surface area (Å²) < 4.78 is 11.3. The number of rotatable bonds is 4. The highest BCUT2D eigenvalue weighted by atomic mass is 16.5. The maximum atomic E-state index is 12.5. The maximum Gasteiger partial charge on any atom is 0.251 e. The van der Waals surface area contributed by atoms with Crippen molar-refractivity contribution in [3.05, 3.63) is 0 Å². The van der Waals surface area contributed by atoms with Gasteiger partial charge in [0.05, 0.1) is 12.2 Å². The van der Waals surface area contributed by atoms with Crippen molar-refractivity contribution in [1.29, 1.82) is 0 Å². The molecular formula is C19H35N5O3. The second-order valence-electron chi connectivity index (χ2n) is 8.17. The first-order valence-corrected chi connectivity index (χ1v) is 10.2. The second kappa shape index (κ2) is 9.21. The van der Waals surface area contributed by atoms with Gasteiger partial charge in [0.1, 0.15) is 6.10 Å². The van der Waals surface area contributed by atoms with Crippen molar-refractivity contribution in [3.63, 3.8) is 0 Å². The van der Waals surface area contributed by atoms with E-state index in [0.29, 0.717) is 6.61 Å². The van der Waals surface area contributed by atoms with Crippen molar-refractivity contribution in [1.82, 2.24) is 20.0 Å². The molecule has 154 valence electrons. The topological polar surface area (TPSA) is 69.6 Å². The monoisotopic (exact) mass is 381 g/mol. The van der Waals surface area contributed by atoms with Gasteiger partial charge in [-0.1, -0.05) is 0 Å². The van der Waals surface area contributed by atoms with Crippen LogP contribution in [-0.4, -0.2) is 111 Å². The van der Waals surface area contributed by atoms with Crippen LogP contribution in [0.15, 0.2) is 4.99 Å². The number of guanidine groups is 1. The van der Waals surface area contributed by atoms with Crippen LogP contribution in [0.2, 0.25) is 0 Å². The van der Waals surface area contributed by atoms with Crippen molar-refractivity contribution in [2.75, 3.05) is 72.6 Å². The molecule has 3 saturated heterocycles. The van der Waals surface area contributed by atoms with E-state index in [1.807, 2.05) is 11.9 Å². The summed E-state index contributed by atoms with van der Waals surface area (Å²) in [6.07, 6.45) is 1.64. The predicted molar refractivity (Wildman–Crippen MR) is 105 cm³/mol. The molecule has 3 aliphatic rings. The summed E-state index contributed by atoms with van der Waals surface area (Å²) in [7, 11) is 1.82. The fraction of sp³-hybridized carbons (Fsp3) is 0.895. The van der Waals surface area contributed by atoms with Gasteiger partial charge in [-0.15, -0.1) is 0 Å². The molecular weight excluding hydrogens is 346 g/mol. The Labute approximate surface area is 162 Å². The van der Waals surface area contributed by atoms with Crippen molar-refractivity contribution in [2.24, 2.45) is 4.99 Å². The fourth-order valence-electron chi connectivity index (χ4n) is 4.08. The highest BCUT2D eigenvalue weighted by Gasteiger charge is 2.31. The van der Waals surface area contributed by atoms with Crippen LogP contribution in [0.5, 0.6) is 0 Å². The molecule has 8 heteroatoms. The lowest BCUT2D eigenvalue weighted by molar-refractivity contribution is -0.142. The van der Waals surface area contributed by atoms with Gasteiger partial charge in [-0.25, -0.2) is 0 Å². The molecule has 0 aliphatic carbocycles. The summed E-state index contributed by atoms with van der Waals surface area (Å²) >= 11 is 0. The van der Waals surface area contributed by atoms with Crippen LogP contribution in [-0.2, 0) is 14.3 Å². The molecule has 3 heterocycles. The molecule has 0 aromatic carbocycles. The number of aliphatic imine (C=N–C) groups is 1. The third kappa shape index (κ3) is 5.56. The van der Waals surface area contributed by atoms with Crippen molar-refractivity contribution in [3.8, 4) is 0 Å². The van der Waals surface area contributed by atoms with Gasteiger partial charge < -0.3 is 24.6 Å². The normalized spacial score (nSPS) is 27.1. The Hall–Kier alpha value is -1.38. The van der Waals surface area contributed by atoms with Gasteiger partial charge >= 0.3 is 0 Å². The number of nitrogens with one attached hydrogen (secondary N) is 1. The Morgan fingerprint density at radius 1 is 1.15 bits per heavy atom. The molecule has 0 radical (unpaired) electrons. The minimum atomic E-state index is -0.216. The van der Waals surface area contributed by atoms with Crippen LogP contribution >= 0.6 is 0 Å². The highest BCUT2D eigenvalue weighted by Crippen LogP contribution is 2.17. The predicted octanol–water partition coefficient (Wildman–Crippen LogP) is -0.00420. The summed E-state index contributed by atoms with van der Waals surface area (Å²) in [6, 6.07) is 0. The number of carbonyl (C=O) groups excluding carboxylic acids is 1. The molecule has 3 rings (SSSR count). The molecule has 0 saturated carbocycles. The Morgan fingerprint density at radius 2 is 1.89 bits per heavy atom. The SMILES string of the molecule is CN=C(NCCN1CCOC(C)(C)C1)N1CCN(C(=O)C2CCCO2)CC1. The van der Waals surface area contributed by atoms with E-state index in [4.69, 9.17) is 9.47 Å². The zero-order valence-electron chi connectivity index (χ0n) is 17.1. The number of amides is 1. The number of nitrogens with zero attached hydrogens (tertiary/aromatic N) is 4. The van der Waals surface area contributed by atoms with E-state index in [0.717, 1.165) is 77.8 Å². The Morgan fingerprint density at radius 3 is 2.52 bits per heavy atom. The summed E-state index contributed by atoms with van der Waals surface area (Å²) in [4.78, 5) is 23.5. The third-order valence-corrected chi connectivity index (χ3v) is 5.52. The summed E-state index contributed by atoms with van der Waals surface area (Å²) in [5.74, 6) is 1.08. The Balaban J connectivity index is 1.39. The van der Waals surface area contributed by atoms with E-state index in [1.54, 1.807) is 0 Å². The number of morpholine rings is 1. The molecule has 1 N–H and O–H groups in total. The van der Waals surface area contributed by atoms with Gasteiger partial charge in [0, 0.05) is 66.0 Å². The molecule has 0 aromatic rings. The van der Waals surface area contributed by atoms with Crippen LogP contribution in [0.3, 0.4) is 0 Å². The van der Waals surface area contributed by atoms with E-state index in [-0.39, 0.29) is 17.6 Å². The van der Waals surface area contributed by atoms with Gasteiger partial charge in [-0.3, -0.25) is 14.7 Å². The van der Waals surface area contributed by atoms with Gasteiger partial charge in [0.25, 0.3) is 5.91 Å². The number of carbonyl (C=O) groups is 1. The summed E-state index contributed by atoms with van der Waals surface area (Å²) in [5.41, 5.74) is -0.0637. The molecule has 8 nitrogen and oxygen atoms in total. The molecule has 3 aliphatic heterocycles. The van der Waals surface area contributed by atoms with Gasteiger partial charge in [0.2, 0.25) is 0 Å². The second-order valence-corrected chi connectivity index (χ2v) is 8.17. The van der Waals surface area contributed by atoms with E-state index in [1.165, 1.54) is 0 Å². The molecule has 1 amide bonds. The van der Waals surface area contributed by atoms with Crippen LogP contribution < -0.4 is 5.32 Å². The Kier molecular flexibility index (Phi) is 6.94. The Bertz CT molecular complexity index is 525. The minimum Gasteiger partial charge on any atom is -0.373 e. The first-order valence-electron chi connectivity index (χ1n) is 10.2. The van der Waals surface area contributed by atoms with Crippen LogP contribution in [0.25, 0.3) is 0 Å².